The van der Waals surface area contributed by atoms with E-state index in [1.54, 1.807) is 0 Å². The van der Waals surface area contributed by atoms with Crippen LogP contribution in [0, 0.1) is 0 Å². The Morgan fingerprint density at radius 3 is 1.00 bits per heavy atom. The van der Waals surface area contributed by atoms with E-state index in [1.807, 2.05) is 0 Å². The fourth-order valence-corrected chi connectivity index (χ4v) is 10.0. The van der Waals surface area contributed by atoms with Gasteiger partial charge in [-0.2, -0.15) is 0 Å². The highest BCUT2D eigenvalue weighted by molar-refractivity contribution is 6.12. The lowest BCUT2D eigenvalue weighted by atomic mass is 9.59. The van der Waals surface area contributed by atoms with Crippen molar-refractivity contribution in [3.8, 4) is 66.8 Å². The molecule has 0 saturated carbocycles. The number of benzene rings is 9. The summed E-state index contributed by atoms with van der Waals surface area (Å²) in [7, 11) is 0. The summed E-state index contributed by atoms with van der Waals surface area (Å²) < 4.78 is 0. The third kappa shape index (κ3) is 5.29. The Morgan fingerprint density at radius 1 is 0.268 bits per heavy atom. The Morgan fingerprint density at radius 2 is 0.607 bits per heavy atom. The van der Waals surface area contributed by atoms with Crippen LogP contribution in [0.2, 0.25) is 0 Å². The maximum atomic E-state index is 2.43. The number of rotatable bonds is 6. The fraction of sp³-hybridized carbons (Fsp3) is 0.0714. The van der Waals surface area contributed by atoms with E-state index in [2.05, 4.69) is 206 Å². The number of hydrogen-bond donors (Lipinski definition) is 0. The summed E-state index contributed by atoms with van der Waals surface area (Å²) in [5.41, 5.74) is 21.4. The van der Waals surface area contributed by atoms with Gasteiger partial charge in [0, 0.05) is 11.8 Å². The summed E-state index contributed by atoms with van der Waals surface area (Å²) in [5, 5.41) is 2.64. The van der Waals surface area contributed by atoms with Crippen molar-refractivity contribution in [1.29, 1.82) is 0 Å². The van der Waals surface area contributed by atoms with Crippen LogP contribution in [0.25, 0.3) is 77.5 Å². The third-order valence-corrected chi connectivity index (χ3v) is 12.4. The average Bonchev–Trinajstić information content (AvgIpc) is 3.29. The summed E-state index contributed by atoms with van der Waals surface area (Å²) in [6.07, 6.45) is 2.31. The minimum Gasteiger partial charge on any atom is -0.0622 e. The lowest BCUT2D eigenvalue weighted by Crippen LogP contribution is -2.26. The van der Waals surface area contributed by atoms with E-state index in [0.29, 0.717) is 11.8 Å². The summed E-state index contributed by atoms with van der Waals surface area (Å²) in [6.45, 7) is 0. The van der Waals surface area contributed by atoms with E-state index in [-0.39, 0.29) is 0 Å². The van der Waals surface area contributed by atoms with E-state index in [9.17, 15) is 0 Å². The number of hydrogen-bond acceptors (Lipinski definition) is 0. The molecule has 9 aromatic carbocycles. The summed E-state index contributed by atoms with van der Waals surface area (Å²) in [6, 6.07) is 76.7. The van der Waals surface area contributed by atoms with Crippen LogP contribution in [0.5, 0.6) is 0 Å². The predicted molar refractivity (Wildman–Crippen MR) is 236 cm³/mol. The molecule has 0 N–H and O–H groups in total. The van der Waals surface area contributed by atoms with Crippen molar-refractivity contribution < 1.29 is 0 Å². The first-order valence-corrected chi connectivity index (χ1v) is 20.0. The van der Waals surface area contributed by atoms with Crippen molar-refractivity contribution in [3.05, 3.63) is 229 Å². The van der Waals surface area contributed by atoms with Gasteiger partial charge in [-0.05, 0) is 125 Å². The summed E-state index contributed by atoms with van der Waals surface area (Å²) in [5.74, 6) is 0.622. The molecule has 3 aliphatic rings. The molecule has 12 rings (SSSR count). The molecule has 264 valence electrons. The molecule has 0 spiro atoms. The van der Waals surface area contributed by atoms with Crippen molar-refractivity contribution in [1.82, 2.24) is 0 Å². The lowest BCUT2D eigenvalue weighted by Gasteiger charge is -2.44. The molecular weight excluding hydrogens is 673 g/mol. The highest BCUT2D eigenvalue weighted by Gasteiger charge is 2.42. The molecule has 0 aromatic heterocycles. The van der Waals surface area contributed by atoms with Crippen LogP contribution in [0.1, 0.15) is 46.9 Å². The average molecular weight is 713 g/mol. The molecular formula is C56H40. The molecule has 0 heterocycles. The zero-order valence-electron chi connectivity index (χ0n) is 31.2. The van der Waals surface area contributed by atoms with Crippen LogP contribution in [-0.4, -0.2) is 0 Å². The van der Waals surface area contributed by atoms with Gasteiger partial charge in [0.2, 0.25) is 0 Å². The van der Waals surface area contributed by atoms with Crippen LogP contribution in [-0.2, 0) is 0 Å². The second kappa shape index (κ2) is 13.5. The molecule has 2 atom stereocenters. The molecule has 9 aromatic rings. The first-order valence-electron chi connectivity index (χ1n) is 20.0. The fourth-order valence-electron chi connectivity index (χ4n) is 10.0. The summed E-state index contributed by atoms with van der Waals surface area (Å²) in [4.78, 5) is 0. The van der Waals surface area contributed by atoms with Crippen LogP contribution >= 0.6 is 0 Å². The van der Waals surface area contributed by atoms with Crippen LogP contribution < -0.4 is 0 Å². The van der Waals surface area contributed by atoms with Crippen LogP contribution in [0.4, 0.5) is 0 Å². The highest BCUT2D eigenvalue weighted by Crippen LogP contribution is 2.61. The predicted octanol–water partition coefficient (Wildman–Crippen LogP) is 15.2. The van der Waals surface area contributed by atoms with E-state index in [4.69, 9.17) is 0 Å². The zero-order valence-corrected chi connectivity index (χ0v) is 31.2. The smallest absolute Gasteiger partial charge is 0.0102 e. The van der Waals surface area contributed by atoms with Crippen molar-refractivity contribution in [2.24, 2.45) is 0 Å². The van der Waals surface area contributed by atoms with Gasteiger partial charge in [-0.15, -0.1) is 0 Å². The van der Waals surface area contributed by atoms with Gasteiger partial charge in [0.15, 0.2) is 0 Å². The quantitative estimate of drug-likeness (QED) is 0.161. The van der Waals surface area contributed by atoms with Crippen molar-refractivity contribution in [3.63, 3.8) is 0 Å². The standard InChI is InChI=1S/C56H40/c1-5-17-37(18-6-1)41-29-31-49(51(35-41)39-21-9-3-10-22-39)53-45-27-15-16-28-46(45)54(56-48-34-33-47(55(53)56)43-25-13-14-26-44(43)48)50-32-30-42(38-19-7-2-8-20-38)36-52(50)40-23-11-4-12-24-40/h1-32,35-36,47-48H,33-34H2. The van der Waals surface area contributed by atoms with Gasteiger partial charge in [0.05, 0.1) is 0 Å². The van der Waals surface area contributed by atoms with Crippen molar-refractivity contribution in [2.75, 3.05) is 0 Å². The first kappa shape index (κ1) is 32.7. The van der Waals surface area contributed by atoms with E-state index >= 15 is 0 Å². The van der Waals surface area contributed by atoms with E-state index in [0.717, 1.165) is 12.8 Å². The molecule has 0 amide bonds. The molecule has 0 radical (unpaired) electrons. The lowest BCUT2D eigenvalue weighted by molar-refractivity contribution is 0.522. The Kier molecular flexibility index (Phi) is 7.88. The normalized spacial score (nSPS) is 15.4. The molecule has 0 aliphatic heterocycles. The Labute approximate surface area is 329 Å². The van der Waals surface area contributed by atoms with Gasteiger partial charge in [0.1, 0.15) is 0 Å². The molecule has 56 heavy (non-hydrogen) atoms. The molecule has 2 unspecified atom stereocenters. The van der Waals surface area contributed by atoms with E-state index < -0.39 is 0 Å². The largest absolute Gasteiger partial charge is 0.0622 e. The third-order valence-electron chi connectivity index (χ3n) is 12.4. The van der Waals surface area contributed by atoms with Crippen molar-refractivity contribution in [2.45, 2.75) is 24.7 Å². The van der Waals surface area contributed by atoms with E-state index in [1.165, 1.54) is 99.8 Å². The van der Waals surface area contributed by atoms with Gasteiger partial charge in [-0.25, -0.2) is 0 Å². The maximum absolute atomic E-state index is 2.43. The second-order valence-electron chi connectivity index (χ2n) is 15.4. The first-order chi connectivity index (χ1) is 27.8. The summed E-state index contributed by atoms with van der Waals surface area (Å²) >= 11 is 0. The topological polar surface area (TPSA) is 0 Å². The van der Waals surface area contributed by atoms with Crippen LogP contribution in [0.15, 0.2) is 206 Å². The number of fused-ring (bicyclic) bond motifs is 2. The molecule has 0 fully saturated rings. The molecule has 0 saturated heterocycles. The van der Waals surface area contributed by atoms with Crippen molar-refractivity contribution >= 4 is 10.8 Å². The van der Waals surface area contributed by atoms with Gasteiger partial charge in [-0.1, -0.05) is 194 Å². The van der Waals surface area contributed by atoms with Gasteiger partial charge < -0.3 is 0 Å². The Balaban J connectivity index is 1.26. The van der Waals surface area contributed by atoms with Gasteiger partial charge in [-0.3, -0.25) is 0 Å². The zero-order chi connectivity index (χ0) is 37.0. The molecule has 3 aliphatic carbocycles. The molecule has 2 bridgehead atoms. The SMILES string of the molecule is c1ccc(-c2ccc(-c3c4c(c(-c5ccc(-c6ccccc6)cc5-c5ccccc5)c5ccccc35)C3CCC4c4ccccc43)c(-c3ccccc3)c2)cc1. The Bertz CT molecular complexity index is 2690. The Hall–Kier alpha value is -6.76. The highest BCUT2D eigenvalue weighted by atomic mass is 14.4. The van der Waals surface area contributed by atoms with Crippen LogP contribution in [0.3, 0.4) is 0 Å². The van der Waals surface area contributed by atoms with Gasteiger partial charge >= 0.3 is 0 Å². The minimum absolute atomic E-state index is 0.311. The van der Waals surface area contributed by atoms with Gasteiger partial charge in [0.25, 0.3) is 0 Å². The minimum atomic E-state index is 0.311. The maximum Gasteiger partial charge on any atom is 0.0102 e. The second-order valence-corrected chi connectivity index (χ2v) is 15.4. The monoisotopic (exact) mass is 712 g/mol. The molecule has 0 nitrogen and oxygen atoms in total. The molecule has 0 heteroatoms.